The number of carbonyl (C=O) groups is 13. The van der Waals surface area contributed by atoms with Crippen LogP contribution >= 0.6 is 0 Å². The largest absolute Gasteiger partial charge is 0.481 e. The van der Waals surface area contributed by atoms with Crippen LogP contribution in [0.5, 0.6) is 0 Å². The first-order valence-corrected chi connectivity index (χ1v) is 30.2. The van der Waals surface area contributed by atoms with Crippen LogP contribution in [0.25, 0.3) is 0 Å². The van der Waals surface area contributed by atoms with Crippen molar-refractivity contribution < 1.29 is 134 Å². The van der Waals surface area contributed by atoms with Crippen molar-refractivity contribution >= 4 is 76.7 Å². The maximum absolute atomic E-state index is 14.3. The van der Waals surface area contributed by atoms with E-state index in [1.807, 2.05) is 0 Å². The first kappa shape index (κ1) is 82.5. The highest BCUT2D eigenvalue weighted by atomic mass is 16.4. The molecule has 0 radical (unpaired) electrons. The fourth-order valence-electron chi connectivity index (χ4n) is 9.19. The van der Waals surface area contributed by atoms with Gasteiger partial charge in [-0.15, -0.1) is 0 Å². The number of hydrogen-bond acceptors (Lipinski definition) is 23. The number of ketones is 5. The lowest BCUT2D eigenvalue weighted by Gasteiger charge is -2.26. The zero-order valence-electron chi connectivity index (χ0n) is 51.3. The Kier molecular flexibility index (Phi) is 40.3. The summed E-state index contributed by atoms with van der Waals surface area (Å²) < 4.78 is 0. The molecule has 33 nitrogen and oxygen atoms in total. The number of aliphatic carboxylic acids is 4. The standard InChI is InChI=1S/C59H92N6O27/c1-2-42(71)40(18-20-49(79)80)64-56(88)36(27-61-59(92)63-29-45(74)52(84)54(86)47(76)31-67)25-43(72)41(19-21-50(81)82)65-55(87)35(26-60-58(91)62-28-44(73)51(83)53(85)46(75)30-66)24-39(70)22-33-14-12-32(13-15-33)16-17-37(68)9-5-3-4-8-34(57(89)90)23-38(69)10-6-7-11-48(77)78/h12-15,34-36,40-41,44-47,51-54,66-67,73-76,83-86H,2-11,16-31H2,1H3,(H,64,88)(H,65,87)(H,77,78)(H,79,80)(H,81,82)(H,89,90)(H2,60,62,91)(H2,61,63,92)/t34-,35+,36+,40-,41-,44+,45+,46-,47-,51-,52-,53-,54-/m1/s1. The molecule has 1 aromatic carbocycles. The second-order valence-corrected chi connectivity index (χ2v) is 22.4. The average molecular weight is 1320 g/mol. The predicted molar refractivity (Wildman–Crippen MR) is 318 cm³/mol. The predicted octanol–water partition coefficient (Wildman–Crippen LogP) is -3.71. The van der Waals surface area contributed by atoms with Crippen LogP contribution in [0.2, 0.25) is 0 Å². The van der Waals surface area contributed by atoms with Gasteiger partial charge in [0.05, 0.1) is 55.3 Å². The van der Waals surface area contributed by atoms with Crippen molar-refractivity contribution in [1.29, 1.82) is 0 Å². The summed E-state index contributed by atoms with van der Waals surface area (Å²) in [5.74, 6) is -14.0. The van der Waals surface area contributed by atoms with E-state index < -0.39 is 222 Å². The molecule has 0 fully saturated rings. The lowest BCUT2D eigenvalue weighted by atomic mass is 9.92. The molecule has 0 spiro atoms. The van der Waals surface area contributed by atoms with Gasteiger partial charge in [-0.3, -0.25) is 52.7 Å². The Hall–Kier alpha value is -7.47. The molecule has 0 saturated carbocycles. The summed E-state index contributed by atoms with van der Waals surface area (Å²) in [6, 6.07) is 0.923. The molecule has 0 unspecified atom stereocenters. The molecular weight excluding hydrogens is 1220 g/mol. The molecule has 0 aliphatic carbocycles. The third-order valence-electron chi connectivity index (χ3n) is 14.9. The average Bonchev–Trinajstić information content (AvgIpc) is 1.23. The van der Waals surface area contributed by atoms with Gasteiger partial charge in [-0.2, -0.15) is 0 Å². The molecule has 0 aliphatic rings. The van der Waals surface area contributed by atoms with Crippen molar-refractivity contribution in [3.63, 3.8) is 0 Å². The smallest absolute Gasteiger partial charge is 0.314 e. The van der Waals surface area contributed by atoms with Crippen LogP contribution in [0.1, 0.15) is 134 Å². The van der Waals surface area contributed by atoms with Crippen LogP contribution < -0.4 is 31.9 Å². The number of nitrogens with one attached hydrogen (secondary N) is 6. The maximum Gasteiger partial charge on any atom is 0.314 e. The Morgan fingerprint density at radius 3 is 1.26 bits per heavy atom. The molecule has 92 heavy (non-hydrogen) atoms. The second kappa shape index (κ2) is 44.9. The Bertz CT molecular complexity index is 2560. The lowest BCUT2D eigenvalue weighted by Crippen LogP contribution is -2.52. The summed E-state index contributed by atoms with van der Waals surface area (Å²) in [4.78, 5) is 166. The van der Waals surface area contributed by atoms with E-state index in [0.717, 1.165) is 0 Å². The van der Waals surface area contributed by atoms with E-state index in [4.69, 9.17) is 15.3 Å². The number of carboxylic acids is 4. The monoisotopic (exact) mass is 1320 g/mol. The van der Waals surface area contributed by atoms with Crippen LogP contribution in [0.3, 0.4) is 0 Å². The van der Waals surface area contributed by atoms with E-state index in [1.54, 1.807) is 24.3 Å². The van der Waals surface area contributed by atoms with Gasteiger partial charge < -0.3 is 103 Å². The normalized spacial score (nSPS) is 15.6. The van der Waals surface area contributed by atoms with E-state index in [2.05, 4.69) is 31.9 Å². The van der Waals surface area contributed by atoms with Crippen molar-refractivity contribution in [3.8, 4) is 0 Å². The molecule has 13 atom stereocenters. The molecule has 520 valence electrons. The minimum atomic E-state index is -2.10. The number of aliphatic hydroxyl groups is 10. The van der Waals surface area contributed by atoms with Gasteiger partial charge in [0, 0.05) is 96.8 Å². The number of carbonyl (C=O) groups excluding carboxylic acids is 9. The van der Waals surface area contributed by atoms with Crippen molar-refractivity contribution in [2.24, 2.45) is 17.8 Å². The number of Topliss-reactive ketones (excluding diaryl/α,β-unsaturated/α-hetero) is 5. The highest BCUT2D eigenvalue weighted by Crippen LogP contribution is 2.20. The molecule has 1 rings (SSSR count). The number of rotatable bonds is 52. The van der Waals surface area contributed by atoms with Gasteiger partial charge in [-0.1, -0.05) is 44.0 Å². The van der Waals surface area contributed by atoms with Gasteiger partial charge in [0.25, 0.3) is 0 Å². The summed E-state index contributed by atoms with van der Waals surface area (Å²) in [5.41, 5.74) is 1.14. The summed E-state index contributed by atoms with van der Waals surface area (Å²) in [6.45, 7) is -3.71. The van der Waals surface area contributed by atoms with Gasteiger partial charge in [0.1, 0.15) is 54.0 Å². The number of aliphatic hydroxyl groups excluding tert-OH is 10. The van der Waals surface area contributed by atoms with Gasteiger partial charge in [0.2, 0.25) is 11.8 Å². The van der Waals surface area contributed by atoms with E-state index in [-0.39, 0.29) is 62.9 Å². The molecule has 0 aromatic heterocycles. The Labute approximate surface area is 529 Å². The zero-order chi connectivity index (χ0) is 69.6. The summed E-state index contributed by atoms with van der Waals surface area (Å²) in [7, 11) is 0. The van der Waals surface area contributed by atoms with E-state index >= 15 is 0 Å². The summed E-state index contributed by atoms with van der Waals surface area (Å²) in [6.07, 6.45) is -17.7. The summed E-state index contributed by atoms with van der Waals surface area (Å²) >= 11 is 0. The lowest BCUT2D eigenvalue weighted by molar-refractivity contribution is -0.144. The fraction of sp³-hybridized carbons (Fsp3) is 0.678. The topological polar surface area (TPSA) is 577 Å². The van der Waals surface area contributed by atoms with E-state index in [9.17, 15) is 119 Å². The van der Waals surface area contributed by atoms with Crippen molar-refractivity contribution in [1.82, 2.24) is 31.9 Å². The first-order chi connectivity index (χ1) is 43.3. The van der Waals surface area contributed by atoms with Crippen molar-refractivity contribution in [3.05, 3.63) is 35.4 Å². The molecule has 0 heterocycles. The van der Waals surface area contributed by atoms with E-state index in [1.165, 1.54) is 6.92 Å². The van der Waals surface area contributed by atoms with E-state index in [0.29, 0.717) is 49.7 Å². The Morgan fingerprint density at radius 1 is 0.402 bits per heavy atom. The van der Waals surface area contributed by atoms with Gasteiger partial charge >= 0.3 is 35.9 Å². The van der Waals surface area contributed by atoms with Gasteiger partial charge in [0.15, 0.2) is 11.6 Å². The molecule has 6 amide bonds. The zero-order valence-corrected chi connectivity index (χ0v) is 51.3. The molecule has 1 aromatic rings. The fourth-order valence-corrected chi connectivity index (χ4v) is 9.19. The quantitative estimate of drug-likeness (QED) is 0.0279. The molecule has 0 bridgehead atoms. The second-order valence-electron chi connectivity index (χ2n) is 22.4. The third kappa shape index (κ3) is 34.3. The first-order valence-electron chi connectivity index (χ1n) is 30.2. The number of unbranched alkanes of at least 4 members (excludes halogenated alkanes) is 3. The molecule has 0 saturated heterocycles. The van der Waals surface area contributed by atoms with Crippen LogP contribution in [-0.4, -0.2) is 248 Å². The van der Waals surface area contributed by atoms with Crippen LogP contribution in [0.15, 0.2) is 24.3 Å². The number of hydrogen-bond donors (Lipinski definition) is 20. The minimum absolute atomic E-state index is 0.0695. The molecule has 0 aliphatic heterocycles. The third-order valence-corrected chi connectivity index (χ3v) is 14.9. The van der Waals surface area contributed by atoms with Crippen LogP contribution in [-0.2, 0) is 65.6 Å². The SMILES string of the molecule is CCC(=O)[C@@H](CCC(=O)O)NC(=O)[C@H](CNC(=O)NC[C@H](O)[C@@H](O)[C@H](O)[C@H](O)CO)CC(=O)[C@@H](CCC(=O)O)NC(=O)[C@H](CNC(=O)NC[C@H](O)[C@@H](O)[C@H](O)[C@H](O)CO)CC(=O)Cc1ccc(CCC(=O)CCCCC[C@H](CC(=O)CCCCC(=O)O)C(=O)O)cc1. The minimum Gasteiger partial charge on any atom is -0.481 e. The number of amides is 6. The van der Waals surface area contributed by atoms with Gasteiger partial charge in [-0.25, -0.2) is 9.59 Å². The van der Waals surface area contributed by atoms with Crippen molar-refractivity contribution in [2.45, 2.75) is 196 Å². The Balaban J connectivity index is 3.38. The molecular formula is C59H92N6O27. The van der Waals surface area contributed by atoms with Crippen molar-refractivity contribution in [2.75, 3.05) is 39.4 Å². The molecule has 20 N–H and O–H groups in total. The van der Waals surface area contributed by atoms with Gasteiger partial charge in [-0.05, 0) is 56.1 Å². The number of aryl methyl sites for hydroxylation is 1. The highest BCUT2D eigenvalue weighted by Gasteiger charge is 2.35. The molecule has 33 heteroatoms. The highest BCUT2D eigenvalue weighted by molar-refractivity contribution is 5.96. The summed E-state index contributed by atoms with van der Waals surface area (Å²) in [5, 5.41) is 149. The van der Waals surface area contributed by atoms with Crippen LogP contribution in [0, 0.1) is 17.8 Å². The number of carboxylic acid groups (broad SMARTS) is 4. The maximum atomic E-state index is 14.3. The number of urea groups is 2. The number of benzene rings is 1. The van der Waals surface area contributed by atoms with Crippen LogP contribution in [0.4, 0.5) is 9.59 Å². The Morgan fingerprint density at radius 2 is 0.804 bits per heavy atom.